The quantitative estimate of drug-likeness (QED) is 0.907. The van der Waals surface area contributed by atoms with E-state index < -0.39 is 0 Å². The minimum atomic E-state index is 0.130. The number of ether oxygens (including phenoxy) is 1. The largest absolute Gasteiger partial charge is 0.392 e. The molecule has 2 nitrogen and oxygen atoms in total. The van der Waals surface area contributed by atoms with E-state index in [4.69, 9.17) is 9.84 Å². The number of rotatable bonds is 3. The summed E-state index contributed by atoms with van der Waals surface area (Å²) in [7, 11) is 0. The molecule has 0 bridgehead atoms. The van der Waals surface area contributed by atoms with Gasteiger partial charge in [-0.05, 0) is 49.8 Å². The first-order valence-electron chi connectivity index (χ1n) is 6.80. The number of benzene rings is 1. The third-order valence-corrected chi connectivity index (χ3v) is 5.40. The maximum Gasteiger partial charge on any atom is 0.0693 e. The van der Waals surface area contributed by atoms with Crippen LogP contribution in [0.25, 0.3) is 0 Å². The Hall–Kier alpha value is -0.510. The molecule has 3 heteroatoms. The lowest BCUT2D eigenvalue weighted by Crippen LogP contribution is -2.46. The first kappa shape index (κ1) is 12.5. The second-order valence-electron chi connectivity index (χ2n) is 5.42. The van der Waals surface area contributed by atoms with Crippen LogP contribution in [0, 0.1) is 0 Å². The van der Waals surface area contributed by atoms with E-state index in [0.29, 0.717) is 5.25 Å². The molecule has 2 aliphatic rings. The van der Waals surface area contributed by atoms with E-state index in [2.05, 4.69) is 12.1 Å². The van der Waals surface area contributed by atoms with Gasteiger partial charge in [-0.2, -0.15) is 0 Å². The van der Waals surface area contributed by atoms with Gasteiger partial charge in [0.05, 0.1) is 12.2 Å². The van der Waals surface area contributed by atoms with Crippen molar-refractivity contribution in [2.24, 2.45) is 0 Å². The van der Waals surface area contributed by atoms with E-state index in [1.54, 1.807) is 0 Å². The van der Waals surface area contributed by atoms with Gasteiger partial charge in [-0.3, -0.25) is 0 Å². The van der Waals surface area contributed by atoms with Gasteiger partial charge in [0.1, 0.15) is 0 Å². The normalized spacial score (nSPS) is 25.9. The van der Waals surface area contributed by atoms with Crippen LogP contribution in [0.1, 0.15) is 37.7 Å². The molecule has 1 saturated heterocycles. The van der Waals surface area contributed by atoms with Gasteiger partial charge < -0.3 is 9.84 Å². The van der Waals surface area contributed by atoms with Crippen LogP contribution in [0.3, 0.4) is 0 Å². The summed E-state index contributed by atoms with van der Waals surface area (Å²) < 4.78 is 5.96. The van der Waals surface area contributed by atoms with Gasteiger partial charge in [-0.25, -0.2) is 0 Å². The van der Waals surface area contributed by atoms with Crippen LogP contribution in [-0.4, -0.2) is 22.6 Å². The van der Waals surface area contributed by atoms with Crippen molar-refractivity contribution in [3.63, 3.8) is 0 Å². The van der Waals surface area contributed by atoms with E-state index in [1.165, 1.54) is 30.6 Å². The van der Waals surface area contributed by atoms with Gasteiger partial charge in [0.15, 0.2) is 0 Å². The van der Waals surface area contributed by atoms with E-state index in [0.717, 1.165) is 18.6 Å². The Morgan fingerprint density at radius 3 is 2.67 bits per heavy atom. The minimum absolute atomic E-state index is 0.130. The molecule has 98 valence electrons. The molecular weight excluding hydrogens is 244 g/mol. The maximum atomic E-state index is 9.03. The summed E-state index contributed by atoms with van der Waals surface area (Å²) in [5, 5.41) is 9.73. The molecule has 1 spiro atoms. The lowest BCUT2D eigenvalue weighted by molar-refractivity contribution is -0.125. The Balaban J connectivity index is 1.61. The monoisotopic (exact) mass is 264 g/mol. The first-order chi connectivity index (χ1) is 8.80. The zero-order chi connectivity index (χ0) is 12.4. The molecule has 0 amide bonds. The van der Waals surface area contributed by atoms with Crippen molar-refractivity contribution >= 4 is 11.8 Å². The molecule has 18 heavy (non-hydrogen) atoms. The van der Waals surface area contributed by atoms with E-state index in [-0.39, 0.29) is 12.2 Å². The zero-order valence-corrected chi connectivity index (χ0v) is 11.4. The second-order valence-corrected chi connectivity index (χ2v) is 6.79. The van der Waals surface area contributed by atoms with Crippen molar-refractivity contribution in [1.82, 2.24) is 0 Å². The van der Waals surface area contributed by atoms with Crippen LogP contribution >= 0.6 is 11.8 Å². The van der Waals surface area contributed by atoms with Crippen molar-refractivity contribution in [2.45, 2.75) is 54.5 Å². The predicted octanol–water partition coefficient (Wildman–Crippen LogP) is 3.37. The fourth-order valence-corrected chi connectivity index (χ4v) is 4.15. The van der Waals surface area contributed by atoms with Gasteiger partial charge >= 0.3 is 0 Å². The van der Waals surface area contributed by atoms with E-state index in [1.807, 2.05) is 23.9 Å². The highest BCUT2D eigenvalue weighted by molar-refractivity contribution is 8.00. The first-order valence-corrected chi connectivity index (χ1v) is 7.68. The summed E-state index contributed by atoms with van der Waals surface area (Å²) >= 11 is 1.97. The summed E-state index contributed by atoms with van der Waals surface area (Å²) in [6.45, 7) is 1.05. The molecule has 0 radical (unpaired) electrons. The molecule has 0 aromatic heterocycles. The van der Waals surface area contributed by atoms with Crippen molar-refractivity contribution in [3.05, 3.63) is 29.8 Å². The van der Waals surface area contributed by atoms with Crippen LogP contribution < -0.4 is 0 Å². The van der Waals surface area contributed by atoms with Crippen LogP contribution in [0.5, 0.6) is 0 Å². The van der Waals surface area contributed by atoms with Gasteiger partial charge in [-0.15, -0.1) is 11.8 Å². The molecule has 1 aliphatic carbocycles. The van der Waals surface area contributed by atoms with Crippen molar-refractivity contribution in [2.75, 3.05) is 6.61 Å². The smallest absolute Gasteiger partial charge is 0.0693 e. The summed E-state index contributed by atoms with van der Waals surface area (Å²) in [4.78, 5) is 1.31. The fraction of sp³-hybridized carbons (Fsp3) is 0.600. The summed E-state index contributed by atoms with van der Waals surface area (Å²) in [5.41, 5.74) is 1.22. The molecule has 1 heterocycles. The van der Waals surface area contributed by atoms with Gasteiger partial charge in [0, 0.05) is 16.8 Å². The minimum Gasteiger partial charge on any atom is -0.392 e. The van der Waals surface area contributed by atoms with E-state index >= 15 is 0 Å². The number of hydrogen-bond acceptors (Lipinski definition) is 3. The Labute approximate surface area is 113 Å². The lowest BCUT2D eigenvalue weighted by Gasteiger charge is -2.47. The molecule has 3 rings (SSSR count). The Bertz CT molecular complexity index is 397. The standard InChI is InChI=1S/C15H20O2S/c16-11-12-2-4-13(5-3-12)18-14-6-9-17-15(10-14)7-1-8-15/h2-5,14,16H,1,6-11H2. The van der Waals surface area contributed by atoms with Crippen LogP contribution in [-0.2, 0) is 11.3 Å². The summed E-state index contributed by atoms with van der Waals surface area (Å²) in [6.07, 6.45) is 6.22. The zero-order valence-electron chi connectivity index (χ0n) is 10.6. The third kappa shape index (κ3) is 2.58. The highest BCUT2D eigenvalue weighted by Crippen LogP contribution is 2.46. The molecule has 1 aromatic carbocycles. The summed E-state index contributed by atoms with van der Waals surface area (Å²) in [6, 6.07) is 8.28. The molecule has 1 aromatic rings. The number of aliphatic hydroxyl groups excluding tert-OH is 1. The highest BCUT2D eigenvalue weighted by atomic mass is 32.2. The lowest BCUT2D eigenvalue weighted by atomic mass is 9.75. The average Bonchev–Trinajstić information content (AvgIpc) is 2.38. The molecule has 1 N–H and O–H groups in total. The molecule has 1 saturated carbocycles. The number of thioether (sulfide) groups is 1. The molecule has 1 unspecified atom stereocenters. The Morgan fingerprint density at radius 2 is 2.06 bits per heavy atom. The highest BCUT2D eigenvalue weighted by Gasteiger charge is 2.42. The SMILES string of the molecule is OCc1ccc(SC2CCOC3(CCC3)C2)cc1. The van der Waals surface area contributed by atoms with Crippen molar-refractivity contribution in [3.8, 4) is 0 Å². The topological polar surface area (TPSA) is 29.5 Å². The maximum absolute atomic E-state index is 9.03. The van der Waals surface area contributed by atoms with Crippen LogP contribution in [0.15, 0.2) is 29.2 Å². The number of aliphatic hydroxyl groups is 1. The Kier molecular flexibility index (Phi) is 3.64. The molecular formula is C15H20O2S. The molecule has 1 atom stereocenters. The molecule has 2 fully saturated rings. The van der Waals surface area contributed by atoms with Gasteiger partial charge in [-0.1, -0.05) is 12.1 Å². The summed E-state index contributed by atoms with van der Waals surface area (Å²) in [5.74, 6) is 0. The van der Waals surface area contributed by atoms with Gasteiger partial charge in [0.2, 0.25) is 0 Å². The van der Waals surface area contributed by atoms with Gasteiger partial charge in [0.25, 0.3) is 0 Å². The predicted molar refractivity (Wildman–Crippen MR) is 73.8 cm³/mol. The number of hydrogen-bond donors (Lipinski definition) is 1. The van der Waals surface area contributed by atoms with Crippen molar-refractivity contribution < 1.29 is 9.84 Å². The second kappa shape index (κ2) is 5.24. The molecule has 1 aliphatic heterocycles. The van der Waals surface area contributed by atoms with Crippen LogP contribution in [0.4, 0.5) is 0 Å². The third-order valence-electron chi connectivity index (χ3n) is 4.12. The van der Waals surface area contributed by atoms with E-state index in [9.17, 15) is 0 Å². The Morgan fingerprint density at radius 1 is 1.28 bits per heavy atom. The van der Waals surface area contributed by atoms with Crippen molar-refractivity contribution in [1.29, 1.82) is 0 Å². The average molecular weight is 264 g/mol. The van der Waals surface area contributed by atoms with Crippen LogP contribution in [0.2, 0.25) is 0 Å². The fourth-order valence-electron chi connectivity index (χ4n) is 2.87.